The van der Waals surface area contributed by atoms with Crippen LogP contribution in [0, 0.1) is 6.92 Å². The number of nitrogens with zero attached hydrogens (tertiary/aromatic N) is 1. The molecule has 0 spiro atoms. The molecule has 1 N–H and O–H groups in total. The Hall–Kier alpha value is -2.20. The van der Waals surface area contributed by atoms with Gasteiger partial charge in [0.1, 0.15) is 12.4 Å². The average molecular weight is 319 g/mol. The Morgan fingerprint density at radius 3 is 2.73 bits per heavy atom. The molecule has 0 bridgehead atoms. The fraction of sp³-hybridized carbons (Fsp3) is 0.235. The normalized spacial score (nSPS) is 10.1. The molecule has 0 radical (unpaired) electrons. The van der Waals surface area contributed by atoms with Gasteiger partial charge in [0.2, 0.25) is 0 Å². The highest BCUT2D eigenvalue weighted by atomic mass is 35.5. The van der Waals surface area contributed by atoms with Crippen LogP contribution in [-0.4, -0.2) is 31.1 Å². The molecule has 2 amide bonds. The number of hydrogen-bond donors (Lipinski definition) is 1. The first-order valence-corrected chi connectivity index (χ1v) is 7.40. The van der Waals surface area contributed by atoms with Crippen molar-refractivity contribution in [3.8, 4) is 5.75 Å². The van der Waals surface area contributed by atoms with Crippen molar-refractivity contribution in [3.05, 3.63) is 59.1 Å². The molecule has 2 aromatic rings. The van der Waals surface area contributed by atoms with Gasteiger partial charge in [0.05, 0.1) is 6.54 Å². The molecule has 2 aromatic carbocycles. The number of anilines is 1. The van der Waals surface area contributed by atoms with Crippen LogP contribution in [0.4, 0.5) is 10.5 Å². The summed E-state index contributed by atoms with van der Waals surface area (Å²) in [6.07, 6.45) is 0. The fourth-order valence-corrected chi connectivity index (χ4v) is 2.09. The smallest absolute Gasteiger partial charge is 0.321 e. The number of carbonyl (C=O) groups is 1. The third-order valence-electron chi connectivity index (χ3n) is 3.20. The summed E-state index contributed by atoms with van der Waals surface area (Å²) in [4.78, 5) is 13.6. The van der Waals surface area contributed by atoms with Gasteiger partial charge in [0, 0.05) is 17.8 Å². The Labute approximate surface area is 135 Å². The van der Waals surface area contributed by atoms with E-state index in [-0.39, 0.29) is 6.03 Å². The highest BCUT2D eigenvalue weighted by Gasteiger charge is 2.09. The lowest BCUT2D eigenvalue weighted by atomic mass is 10.2. The summed E-state index contributed by atoms with van der Waals surface area (Å²) in [6, 6.07) is 14.7. The van der Waals surface area contributed by atoms with Crippen LogP contribution in [0.25, 0.3) is 0 Å². The van der Waals surface area contributed by atoms with Crippen LogP contribution < -0.4 is 10.1 Å². The Morgan fingerprint density at radius 2 is 2.00 bits per heavy atom. The number of aryl methyl sites for hydroxylation is 1. The van der Waals surface area contributed by atoms with Crippen molar-refractivity contribution in [1.82, 2.24) is 4.90 Å². The standard InChI is InChI=1S/C17H19ClN2O2/c1-13-6-3-4-9-16(13)22-11-10-20(2)17(21)19-15-8-5-7-14(18)12-15/h3-9,12H,10-11H2,1-2H3,(H,19,21). The monoisotopic (exact) mass is 318 g/mol. The molecule has 0 aromatic heterocycles. The highest BCUT2D eigenvalue weighted by molar-refractivity contribution is 6.30. The summed E-state index contributed by atoms with van der Waals surface area (Å²) < 4.78 is 5.68. The second kappa shape index (κ2) is 7.71. The second-order valence-corrected chi connectivity index (χ2v) is 5.41. The van der Waals surface area contributed by atoms with Gasteiger partial charge >= 0.3 is 6.03 Å². The van der Waals surface area contributed by atoms with Crippen molar-refractivity contribution in [2.75, 3.05) is 25.5 Å². The Kier molecular flexibility index (Phi) is 5.67. The maximum absolute atomic E-state index is 12.0. The lowest BCUT2D eigenvalue weighted by molar-refractivity contribution is 0.207. The first-order chi connectivity index (χ1) is 10.6. The van der Waals surface area contributed by atoms with Crippen LogP contribution in [0.5, 0.6) is 5.75 Å². The third-order valence-corrected chi connectivity index (χ3v) is 3.44. The predicted octanol–water partition coefficient (Wildman–Crippen LogP) is 4.19. The zero-order valence-corrected chi connectivity index (χ0v) is 13.4. The number of benzene rings is 2. The minimum Gasteiger partial charge on any atom is -0.491 e. The lowest BCUT2D eigenvalue weighted by Gasteiger charge is -2.18. The van der Waals surface area contributed by atoms with E-state index in [1.54, 1.807) is 36.2 Å². The van der Waals surface area contributed by atoms with E-state index in [1.807, 2.05) is 31.2 Å². The second-order valence-electron chi connectivity index (χ2n) is 4.98. The number of para-hydroxylation sites is 1. The third kappa shape index (κ3) is 4.67. The number of carbonyl (C=O) groups excluding carboxylic acids is 1. The first-order valence-electron chi connectivity index (χ1n) is 7.02. The van der Waals surface area contributed by atoms with Crippen LogP contribution in [0.3, 0.4) is 0 Å². The minimum atomic E-state index is -0.198. The summed E-state index contributed by atoms with van der Waals surface area (Å²) in [6.45, 7) is 2.91. The van der Waals surface area contributed by atoms with Crippen molar-refractivity contribution >= 4 is 23.3 Å². The number of ether oxygens (including phenoxy) is 1. The average Bonchev–Trinajstić information content (AvgIpc) is 2.49. The molecule has 2 rings (SSSR count). The van der Waals surface area contributed by atoms with Crippen LogP contribution >= 0.6 is 11.6 Å². The van der Waals surface area contributed by atoms with Gasteiger partial charge in [0.25, 0.3) is 0 Å². The molecule has 0 saturated heterocycles. The molecule has 0 aliphatic carbocycles. The number of rotatable bonds is 5. The van der Waals surface area contributed by atoms with Gasteiger partial charge in [-0.05, 0) is 36.8 Å². The van der Waals surface area contributed by atoms with E-state index in [9.17, 15) is 4.79 Å². The van der Waals surface area contributed by atoms with Crippen molar-refractivity contribution in [3.63, 3.8) is 0 Å². The molecule has 116 valence electrons. The molecule has 0 saturated carbocycles. The van der Waals surface area contributed by atoms with Gasteiger partial charge < -0.3 is 15.0 Å². The van der Waals surface area contributed by atoms with Gasteiger partial charge in [0.15, 0.2) is 0 Å². The summed E-state index contributed by atoms with van der Waals surface area (Å²) in [5.41, 5.74) is 1.75. The topological polar surface area (TPSA) is 41.6 Å². The summed E-state index contributed by atoms with van der Waals surface area (Å²) in [7, 11) is 1.72. The molecule has 0 aliphatic rings. The van der Waals surface area contributed by atoms with Gasteiger partial charge in [-0.3, -0.25) is 0 Å². The number of likely N-dealkylation sites (N-methyl/N-ethyl adjacent to an activating group) is 1. The number of halogens is 1. The molecule has 0 atom stereocenters. The first kappa shape index (κ1) is 16.2. The Morgan fingerprint density at radius 1 is 1.23 bits per heavy atom. The predicted molar refractivity (Wildman–Crippen MR) is 89.8 cm³/mol. The molecular weight excluding hydrogens is 300 g/mol. The molecule has 22 heavy (non-hydrogen) atoms. The molecule has 0 aliphatic heterocycles. The van der Waals surface area contributed by atoms with Crippen molar-refractivity contribution in [2.24, 2.45) is 0 Å². The number of urea groups is 1. The molecule has 5 heteroatoms. The Bertz CT molecular complexity index is 646. The molecule has 0 heterocycles. The van der Waals surface area contributed by atoms with E-state index in [0.29, 0.717) is 23.9 Å². The fourth-order valence-electron chi connectivity index (χ4n) is 1.90. The van der Waals surface area contributed by atoms with Crippen LogP contribution in [-0.2, 0) is 0 Å². The number of nitrogens with one attached hydrogen (secondary N) is 1. The number of amides is 2. The quantitative estimate of drug-likeness (QED) is 0.898. The largest absolute Gasteiger partial charge is 0.491 e. The van der Waals surface area contributed by atoms with E-state index in [2.05, 4.69) is 5.32 Å². The maximum Gasteiger partial charge on any atom is 0.321 e. The van der Waals surface area contributed by atoms with E-state index >= 15 is 0 Å². The molecule has 0 fully saturated rings. The maximum atomic E-state index is 12.0. The minimum absolute atomic E-state index is 0.198. The van der Waals surface area contributed by atoms with Gasteiger partial charge in [-0.2, -0.15) is 0 Å². The van der Waals surface area contributed by atoms with E-state index in [1.165, 1.54) is 0 Å². The van der Waals surface area contributed by atoms with Crippen molar-refractivity contribution in [1.29, 1.82) is 0 Å². The lowest BCUT2D eigenvalue weighted by Crippen LogP contribution is -2.34. The van der Waals surface area contributed by atoms with Crippen LogP contribution in [0.2, 0.25) is 5.02 Å². The molecule has 0 unspecified atom stereocenters. The van der Waals surface area contributed by atoms with Crippen LogP contribution in [0.15, 0.2) is 48.5 Å². The van der Waals surface area contributed by atoms with Gasteiger partial charge in [-0.1, -0.05) is 35.9 Å². The van der Waals surface area contributed by atoms with E-state index in [0.717, 1.165) is 11.3 Å². The van der Waals surface area contributed by atoms with Gasteiger partial charge in [-0.25, -0.2) is 4.79 Å². The Balaban J connectivity index is 1.80. The molecular formula is C17H19ClN2O2. The number of hydrogen-bond acceptors (Lipinski definition) is 2. The SMILES string of the molecule is Cc1ccccc1OCCN(C)C(=O)Nc1cccc(Cl)c1. The van der Waals surface area contributed by atoms with Crippen molar-refractivity contribution < 1.29 is 9.53 Å². The zero-order valence-electron chi connectivity index (χ0n) is 12.7. The van der Waals surface area contributed by atoms with Crippen molar-refractivity contribution in [2.45, 2.75) is 6.92 Å². The summed E-state index contributed by atoms with van der Waals surface area (Å²) in [5, 5.41) is 3.38. The highest BCUT2D eigenvalue weighted by Crippen LogP contribution is 2.16. The van der Waals surface area contributed by atoms with Gasteiger partial charge in [-0.15, -0.1) is 0 Å². The van der Waals surface area contributed by atoms with Crippen LogP contribution in [0.1, 0.15) is 5.56 Å². The van der Waals surface area contributed by atoms with E-state index < -0.39 is 0 Å². The molecule has 4 nitrogen and oxygen atoms in total. The summed E-state index contributed by atoms with van der Waals surface area (Å²) >= 11 is 5.89. The summed E-state index contributed by atoms with van der Waals surface area (Å²) in [5.74, 6) is 0.839. The van der Waals surface area contributed by atoms with E-state index in [4.69, 9.17) is 16.3 Å². The zero-order chi connectivity index (χ0) is 15.9.